The van der Waals surface area contributed by atoms with Gasteiger partial charge in [0.05, 0.1) is 13.2 Å². The number of ether oxygens (including phenoxy) is 1. The third-order valence-corrected chi connectivity index (χ3v) is 4.43. The van der Waals surface area contributed by atoms with Gasteiger partial charge in [-0.05, 0) is 48.9 Å². The maximum Gasteiger partial charge on any atom is 0.191 e. The fourth-order valence-electron chi connectivity index (χ4n) is 3.02. The van der Waals surface area contributed by atoms with Gasteiger partial charge in [-0.3, -0.25) is 0 Å². The van der Waals surface area contributed by atoms with E-state index in [0.29, 0.717) is 19.1 Å². The first-order valence-electron chi connectivity index (χ1n) is 8.93. The van der Waals surface area contributed by atoms with E-state index >= 15 is 0 Å². The van der Waals surface area contributed by atoms with Crippen LogP contribution in [0.5, 0.6) is 5.75 Å². The van der Waals surface area contributed by atoms with E-state index in [1.165, 1.54) is 12.1 Å². The molecule has 0 amide bonds. The van der Waals surface area contributed by atoms with E-state index in [4.69, 9.17) is 10.5 Å². The van der Waals surface area contributed by atoms with Crippen LogP contribution in [0.2, 0.25) is 0 Å². The van der Waals surface area contributed by atoms with Crippen LogP contribution in [0.15, 0.2) is 53.5 Å². The summed E-state index contributed by atoms with van der Waals surface area (Å²) in [5.74, 6) is 1.20. The van der Waals surface area contributed by atoms with Crippen molar-refractivity contribution in [3.8, 4) is 5.75 Å². The molecule has 1 aliphatic rings. The predicted octanol–water partition coefficient (Wildman–Crippen LogP) is 3.48. The van der Waals surface area contributed by atoms with E-state index in [0.717, 1.165) is 43.2 Å². The maximum absolute atomic E-state index is 13.0. The standard InChI is InChI=1S/C20H25FN4O.HI/c1-2-26-19-5-3-4-16(14-19)15-23-20(22)25-12-10-24(11-13-25)18-8-6-17(21)7-9-18;/h3-9,14H,2,10-13,15H2,1H3,(H2,22,23);1H. The monoisotopic (exact) mass is 484 g/mol. The lowest BCUT2D eigenvalue weighted by atomic mass is 10.2. The normalized spacial score (nSPS) is 14.7. The minimum Gasteiger partial charge on any atom is -0.494 e. The van der Waals surface area contributed by atoms with Crippen molar-refractivity contribution in [2.24, 2.45) is 10.7 Å². The van der Waals surface area contributed by atoms with E-state index in [2.05, 4.69) is 14.8 Å². The summed E-state index contributed by atoms with van der Waals surface area (Å²) in [7, 11) is 0. The van der Waals surface area contributed by atoms with Crippen LogP contribution in [-0.2, 0) is 6.54 Å². The quantitative estimate of drug-likeness (QED) is 0.401. The number of halogens is 2. The van der Waals surface area contributed by atoms with Crippen molar-refractivity contribution >= 4 is 35.6 Å². The van der Waals surface area contributed by atoms with Crippen LogP contribution in [0.3, 0.4) is 0 Å². The van der Waals surface area contributed by atoms with Gasteiger partial charge in [0, 0.05) is 31.9 Å². The molecule has 0 unspecified atom stereocenters. The van der Waals surface area contributed by atoms with E-state index in [1.54, 1.807) is 0 Å². The highest BCUT2D eigenvalue weighted by molar-refractivity contribution is 14.0. The first-order valence-corrected chi connectivity index (χ1v) is 8.93. The molecular weight excluding hydrogens is 458 g/mol. The van der Waals surface area contributed by atoms with Crippen LogP contribution in [0, 0.1) is 5.82 Å². The Morgan fingerprint density at radius 3 is 2.48 bits per heavy atom. The molecule has 2 aromatic carbocycles. The number of rotatable bonds is 5. The average molecular weight is 484 g/mol. The second-order valence-electron chi connectivity index (χ2n) is 6.21. The first kappa shape index (κ1) is 21.3. The first-order chi connectivity index (χ1) is 12.7. The van der Waals surface area contributed by atoms with Crippen LogP contribution in [0.25, 0.3) is 0 Å². The van der Waals surface area contributed by atoms with Gasteiger partial charge in [-0.1, -0.05) is 12.1 Å². The van der Waals surface area contributed by atoms with Crippen LogP contribution in [-0.4, -0.2) is 43.6 Å². The lowest BCUT2D eigenvalue weighted by Gasteiger charge is -2.36. The number of hydrogen-bond acceptors (Lipinski definition) is 3. The summed E-state index contributed by atoms with van der Waals surface area (Å²) in [5, 5.41) is 0. The summed E-state index contributed by atoms with van der Waals surface area (Å²) in [6.07, 6.45) is 0. The van der Waals surface area contributed by atoms with E-state index in [-0.39, 0.29) is 29.8 Å². The van der Waals surface area contributed by atoms with Crippen molar-refractivity contribution in [2.75, 3.05) is 37.7 Å². The zero-order valence-corrected chi connectivity index (χ0v) is 17.8. The van der Waals surface area contributed by atoms with Crippen LogP contribution >= 0.6 is 24.0 Å². The average Bonchev–Trinajstić information content (AvgIpc) is 2.67. The molecule has 0 saturated carbocycles. The molecule has 1 aliphatic heterocycles. The summed E-state index contributed by atoms with van der Waals surface area (Å²) in [4.78, 5) is 8.85. The second kappa shape index (κ2) is 10.3. The number of nitrogens with zero attached hydrogens (tertiary/aromatic N) is 3. The van der Waals surface area contributed by atoms with Crippen molar-refractivity contribution in [3.05, 3.63) is 59.9 Å². The predicted molar refractivity (Wildman–Crippen MR) is 119 cm³/mol. The Morgan fingerprint density at radius 1 is 1.11 bits per heavy atom. The molecule has 0 radical (unpaired) electrons. The fourth-order valence-corrected chi connectivity index (χ4v) is 3.02. The van der Waals surface area contributed by atoms with Gasteiger partial charge in [0.25, 0.3) is 0 Å². The van der Waals surface area contributed by atoms with Crippen molar-refractivity contribution in [3.63, 3.8) is 0 Å². The molecule has 2 aromatic rings. The zero-order valence-electron chi connectivity index (χ0n) is 15.5. The Kier molecular flexibility index (Phi) is 8.15. The minimum absolute atomic E-state index is 0. The molecule has 0 atom stereocenters. The molecule has 1 heterocycles. The summed E-state index contributed by atoms with van der Waals surface area (Å²) < 4.78 is 18.6. The van der Waals surface area contributed by atoms with Crippen molar-refractivity contribution in [1.29, 1.82) is 0 Å². The molecule has 27 heavy (non-hydrogen) atoms. The molecule has 0 aliphatic carbocycles. The lowest BCUT2D eigenvalue weighted by Crippen LogP contribution is -2.51. The number of hydrogen-bond donors (Lipinski definition) is 1. The number of anilines is 1. The van der Waals surface area contributed by atoms with Crippen LogP contribution in [0.4, 0.5) is 10.1 Å². The summed E-state index contributed by atoms with van der Waals surface area (Å²) in [6, 6.07) is 14.5. The second-order valence-corrected chi connectivity index (χ2v) is 6.21. The fraction of sp³-hybridized carbons (Fsp3) is 0.350. The van der Waals surface area contributed by atoms with Gasteiger partial charge >= 0.3 is 0 Å². The molecule has 0 bridgehead atoms. The lowest BCUT2D eigenvalue weighted by molar-refractivity contribution is 0.340. The molecule has 0 spiro atoms. The molecule has 7 heteroatoms. The minimum atomic E-state index is -0.211. The number of guanidine groups is 1. The number of benzene rings is 2. The number of piperazine rings is 1. The van der Waals surface area contributed by atoms with Gasteiger partial charge in [-0.15, -0.1) is 24.0 Å². The summed E-state index contributed by atoms with van der Waals surface area (Å²) >= 11 is 0. The van der Waals surface area contributed by atoms with Crippen molar-refractivity contribution in [1.82, 2.24) is 4.90 Å². The highest BCUT2D eigenvalue weighted by atomic mass is 127. The SMILES string of the molecule is CCOc1cccc(CN=C(N)N2CCN(c3ccc(F)cc3)CC2)c1.I. The third kappa shape index (κ3) is 5.98. The topological polar surface area (TPSA) is 54.1 Å². The van der Waals surface area contributed by atoms with E-state index in [1.807, 2.05) is 43.3 Å². The Morgan fingerprint density at radius 2 is 1.81 bits per heavy atom. The van der Waals surface area contributed by atoms with Gasteiger partial charge in [0.1, 0.15) is 11.6 Å². The summed E-state index contributed by atoms with van der Waals surface area (Å²) in [5.41, 5.74) is 8.28. The Balaban J connectivity index is 0.00000261. The Hall–Kier alpha value is -2.03. The van der Waals surface area contributed by atoms with Crippen LogP contribution < -0.4 is 15.4 Å². The van der Waals surface area contributed by atoms with Gasteiger partial charge < -0.3 is 20.3 Å². The highest BCUT2D eigenvalue weighted by Gasteiger charge is 2.18. The largest absolute Gasteiger partial charge is 0.494 e. The Labute approximate surface area is 177 Å². The third-order valence-electron chi connectivity index (χ3n) is 4.43. The molecular formula is C20H26FIN4O. The van der Waals surface area contributed by atoms with E-state index < -0.39 is 0 Å². The van der Waals surface area contributed by atoms with Crippen molar-refractivity contribution in [2.45, 2.75) is 13.5 Å². The molecule has 0 aromatic heterocycles. The summed E-state index contributed by atoms with van der Waals surface area (Å²) in [6.45, 7) is 6.41. The number of nitrogens with two attached hydrogens (primary N) is 1. The van der Waals surface area contributed by atoms with Crippen molar-refractivity contribution < 1.29 is 9.13 Å². The van der Waals surface area contributed by atoms with Crippen LogP contribution in [0.1, 0.15) is 12.5 Å². The molecule has 2 N–H and O–H groups in total. The molecule has 3 rings (SSSR count). The Bertz CT molecular complexity index is 746. The molecule has 1 fully saturated rings. The van der Waals surface area contributed by atoms with Gasteiger partial charge in [0.2, 0.25) is 0 Å². The maximum atomic E-state index is 13.0. The van der Waals surface area contributed by atoms with Gasteiger partial charge in [-0.2, -0.15) is 0 Å². The number of aliphatic imine (C=N–C) groups is 1. The molecule has 5 nitrogen and oxygen atoms in total. The molecule has 1 saturated heterocycles. The van der Waals surface area contributed by atoms with E-state index in [9.17, 15) is 4.39 Å². The molecule has 146 valence electrons. The van der Waals surface area contributed by atoms with Gasteiger partial charge in [0.15, 0.2) is 5.96 Å². The van der Waals surface area contributed by atoms with Gasteiger partial charge in [-0.25, -0.2) is 9.38 Å². The highest BCUT2D eigenvalue weighted by Crippen LogP contribution is 2.17. The zero-order chi connectivity index (χ0) is 18.4. The smallest absolute Gasteiger partial charge is 0.191 e.